The minimum Gasteiger partial charge on any atom is -0.497 e. The van der Waals surface area contributed by atoms with Gasteiger partial charge in [-0.3, -0.25) is 0 Å². The van der Waals surface area contributed by atoms with Gasteiger partial charge in [0.1, 0.15) is 11.6 Å². The summed E-state index contributed by atoms with van der Waals surface area (Å²) in [7, 11) is 1.62. The van der Waals surface area contributed by atoms with Gasteiger partial charge in [-0.25, -0.2) is 9.18 Å². The second-order valence-electron chi connectivity index (χ2n) is 5.63. The van der Waals surface area contributed by atoms with E-state index in [9.17, 15) is 9.18 Å². The van der Waals surface area contributed by atoms with Gasteiger partial charge in [0.15, 0.2) is 0 Å². The van der Waals surface area contributed by atoms with E-state index in [2.05, 4.69) is 10.6 Å². The topological polar surface area (TPSA) is 59.6 Å². The van der Waals surface area contributed by atoms with Crippen molar-refractivity contribution < 1.29 is 18.7 Å². The lowest BCUT2D eigenvalue weighted by molar-refractivity contribution is 0.187. The van der Waals surface area contributed by atoms with Gasteiger partial charge in [0.05, 0.1) is 26.4 Å². The van der Waals surface area contributed by atoms with Gasteiger partial charge in [-0.2, -0.15) is 0 Å². The third-order valence-electron chi connectivity index (χ3n) is 4.02. The molecule has 2 aromatic carbocycles. The van der Waals surface area contributed by atoms with Crippen molar-refractivity contribution in [1.29, 1.82) is 0 Å². The zero-order chi connectivity index (χ0) is 16.9. The Kier molecular flexibility index (Phi) is 4.96. The highest BCUT2D eigenvalue weighted by molar-refractivity contribution is 5.89. The first-order chi connectivity index (χ1) is 11.7. The zero-order valence-electron chi connectivity index (χ0n) is 13.3. The van der Waals surface area contributed by atoms with Gasteiger partial charge in [0.25, 0.3) is 0 Å². The molecule has 6 heteroatoms. The predicted octanol–water partition coefficient (Wildman–Crippen LogP) is 3.14. The van der Waals surface area contributed by atoms with E-state index in [0.29, 0.717) is 18.9 Å². The monoisotopic (exact) mass is 330 g/mol. The van der Waals surface area contributed by atoms with Crippen molar-refractivity contribution in [3.63, 3.8) is 0 Å². The van der Waals surface area contributed by atoms with E-state index in [-0.39, 0.29) is 18.0 Å². The standard InChI is InChI=1S/C18H19FN2O3/c1-23-15-7-5-12(6-8-15)16-10-24-11-17(16)21-18(22)20-14-4-2-3-13(19)9-14/h2-9,16-17H,10-11H2,1H3,(H2,20,21,22)/t16-,17-/m1/s1. The predicted molar refractivity (Wildman–Crippen MR) is 88.9 cm³/mol. The fourth-order valence-corrected chi connectivity index (χ4v) is 2.78. The third-order valence-corrected chi connectivity index (χ3v) is 4.02. The van der Waals surface area contributed by atoms with Crippen molar-refractivity contribution >= 4 is 11.7 Å². The average Bonchev–Trinajstić information content (AvgIpc) is 3.03. The Hall–Kier alpha value is -2.60. The van der Waals surface area contributed by atoms with Crippen LogP contribution in [0.15, 0.2) is 48.5 Å². The molecule has 24 heavy (non-hydrogen) atoms. The molecule has 0 radical (unpaired) electrons. The van der Waals surface area contributed by atoms with E-state index in [0.717, 1.165) is 11.3 Å². The fourth-order valence-electron chi connectivity index (χ4n) is 2.78. The molecule has 3 rings (SSSR count). The first kappa shape index (κ1) is 16.3. The van der Waals surface area contributed by atoms with Crippen LogP contribution in [0.5, 0.6) is 5.75 Å². The number of amides is 2. The van der Waals surface area contributed by atoms with Crippen LogP contribution in [0.25, 0.3) is 0 Å². The van der Waals surface area contributed by atoms with Crippen LogP contribution in [-0.2, 0) is 4.74 Å². The van der Waals surface area contributed by atoms with Crippen molar-refractivity contribution in [1.82, 2.24) is 5.32 Å². The number of urea groups is 1. The molecule has 2 aromatic rings. The molecule has 1 aliphatic rings. The molecule has 0 unspecified atom stereocenters. The van der Waals surface area contributed by atoms with Gasteiger partial charge in [0.2, 0.25) is 0 Å². The molecule has 0 saturated carbocycles. The van der Waals surface area contributed by atoms with Crippen LogP contribution in [0.2, 0.25) is 0 Å². The Morgan fingerprint density at radius 3 is 2.71 bits per heavy atom. The first-order valence-corrected chi connectivity index (χ1v) is 7.70. The maximum atomic E-state index is 13.2. The number of carbonyl (C=O) groups excluding carboxylic acids is 1. The lowest BCUT2D eigenvalue weighted by Gasteiger charge is -2.20. The molecule has 1 aliphatic heterocycles. The van der Waals surface area contributed by atoms with Crippen LogP contribution in [0, 0.1) is 5.82 Å². The van der Waals surface area contributed by atoms with E-state index in [1.165, 1.54) is 12.1 Å². The van der Waals surface area contributed by atoms with Gasteiger partial charge in [0, 0.05) is 11.6 Å². The molecule has 2 atom stereocenters. The highest BCUT2D eigenvalue weighted by atomic mass is 19.1. The van der Waals surface area contributed by atoms with Crippen molar-refractivity contribution in [2.75, 3.05) is 25.6 Å². The minimum absolute atomic E-state index is 0.0640. The Balaban J connectivity index is 1.63. The smallest absolute Gasteiger partial charge is 0.319 e. The molecule has 2 amide bonds. The fraction of sp³-hybridized carbons (Fsp3) is 0.278. The summed E-state index contributed by atoms with van der Waals surface area (Å²) in [6.07, 6.45) is 0. The quantitative estimate of drug-likeness (QED) is 0.905. The van der Waals surface area contributed by atoms with Crippen molar-refractivity contribution in [3.05, 3.63) is 59.9 Å². The number of rotatable bonds is 4. The molecule has 1 saturated heterocycles. The largest absolute Gasteiger partial charge is 0.497 e. The van der Waals surface area contributed by atoms with E-state index < -0.39 is 5.82 Å². The molecule has 0 aliphatic carbocycles. The van der Waals surface area contributed by atoms with Crippen LogP contribution < -0.4 is 15.4 Å². The Bertz CT molecular complexity index is 706. The Morgan fingerprint density at radius 1 is 1.21 bits per heavy atom. The molecule has 1 heterocycles. The maximum absolute atomic E-state index is 13.2. The highest BCUT2D eigenvalue weighted by Gasteiger charge is 2.30. The number of halogens is 1. The summed E-state index contributed by atoms with van der Waals surface area (Å²) < 4.78 is 23.8. The van der Waals surface area contributed by atoms with E-state index >= 15 is 0 Å². The summed E-state index contributed by atoms with van der Waals surface area (Å²) in [5, 5.41) is 5.53. The number of hydrogen-bond acceptors (Lipinski definition) is 3. The summed E-state index contributed by atoms with van der Waals surface area (Å²) >= 11 is 0. The summed E-state index contributed by atoms with van der Waals surface area (Å²) in [6.45, 7) is 0.977. The van der Waals surface area contributed by atoms with Crippen molar-refractivity contribution in [3.8, 4) is 5.75 Å². The summed E-state index contributed by atoms with van der Waals surface area (Å²) in [5.74, 6) is 0.452. The molecular weight excluding hydrogens is 311 g/mol. The molecule has 1 fully saturated rings. The number of anilines is 1. The van der Waals surface area contributed by atoms with Gasteiger partial charge >= 0.3 is 6.03 Å². The lowest BCUT2D eigenvalue weighted by Crippen LogP contribution is -2.41. The first-order valence-electron chi connectivity index (χ1n) is 7.70. The van der Waals surface area contributed by atoms with E-state index in [4.69, 9.17) is 9.47 Å². The normalized spacial score (nSPS) is 19.8. The van der Waals surface area contributed by atoms with Crippen LogP contribution in [0.3, 0.4) is 0 Å². The summed E-state index contributed by atoms with van der Waals surface area (Å²) in [5.41, 5.74) is 1.48. The number of carbonyl (C=O) groups is 1. The Labute approximate surface area is 139 Å². The van der Waals surface area contributed by atoms with Crippen LogP contribution in [0.1, 0.15) is 11.5 Å². The lowest BCUT2D eigenvalue weighted by atomic mass is 9.94. The number of benzene rings is 2. The van der Waals surface area contributed by atoms with Gasteiger partial charge in [-0.1, -0.05) is 18.2 Å². The number of methoxy groups -OCH3 is 1. The molecule has 0 aromatic heterocycles. The Morgan fingerprint density at radius 2 is 2.00 bits per heavy atom. The van der Waals surface area contributed by atoms with Crippen molar-refractivity contribution in [2.24, 2.45) is 0 Å². The van der Waals surface area contributed by atoms with Gasteiger partial charge in [-0.15, -0.1) is 0 Å². The van der Waals surface area contributed by atoms with E-state index in [1.54, 1.807) is 19.2 Å². The minimum atomic E-state index is -0.395. The number of ether oxygens (including phenoxy) is 2. The van der Waals surface area contributed by atoms with Crippen LogP contribution >= 0.6 is 0 Å². The van der Waals surface area contributed by atoms with Gasteiger partial charge in [-0.05, 0) is 35.9 Å². The molecular formula is C18H19FN2O3. The SMILES string of the molecule is COc1ccc([C@H]2COC[C@H]2NC(=O)Nc2cccc(F)c2)cc1. The molecule has 2 N–H and O–H groups in total. The average molecular weight is 330 g/mol. The number of hydrogen-bond donors (Lipinski definition) is 2. The summed E-state index contributed by atoms with van der Waals surface area (Å²) in [4.78, 5) is 12.1. The molecule has 5 nitrogen and oxygen atoms in total. The molecule has 0 bridgehead atoms. The highest BCUT2D eigenvalue weighted by Crippen LogP contribution is 2.27. The van der Waals surface area contributed by atoms with Crippen LogP contribution in [0.4, 0.5) is 14.9 Å². The van der Waals surface area contributed by atoms with E-state index in [1.807, 2.05) is 24.3 Å². The zero-order valence-corrected chi connectivity index (χ0v) is 13.3. The second-order valence-corrected chi connectivity index (χ2v) is 5.63. The second kappa shape index (κ2) is 7.31. The molecule has 0 spiro atoms. The maximum Gasteiger partial charge on any atom is 0.319 e. The molecule has 126 valence electrons. The van der Waals surface area contributed by atoms with Crippen LogP contribution in [-0.4, -0.2) is 32.4 Å². The van der Waals surface area contributed by atoms with Gasteiger partial charge < -0.3 is 20.1 Å². The van der Waals surface area contributed by atoms with Crippen molar-refractivity contribution in [2.45, 2.75) is 12.0 Å². The summed E-state index contributed by atoms with van der Waals surface area (Å²) in [6, 6.07) is 13.0. The third kappa shape index (κ3) is 3.83. The number of nitrogens with one attached hydrogen (secondary N) is 2.